The second-order valence-corrected chi connectivity index (χ2v) is 7.38. The highest BCUT2D eigenvalue weighted by molar-refractivity contribution is 9.10. The molecule has 0 saturated carbocycles. The minimum absolute atomic E-state index is 0.0396. The standard InChI is InChI=1S/C19H18BrN3O2/c20-14-5-3-4-13(10-14)11-19(8-9-25-12-19)18(24)21-17-15-6-1-2-7-16(15)22-23-17/h1-7,10H,8-9,11-12H2,(H2,21,22,23,24). The normalized spacial score (nSPS) is 20.0. The maximum atomic E-state index is 13.1. The highest BCUT2D eigenvalue weighted by Crippen LogP contribution is 2.35. The third-order valence-corrected chi connectivity index (χ3v) is 5.21. The first kappa shape index (κ1) is 16.3. The van der Waals surface area contributed by atoms with Gasteiger partial charge in [0.05, 0.1) is 17.5 Å². The Hall–Kier alpha value is -2.18. The summed E-state index contributed by atoms with van der Waals surface area (Å²) in [7, 11) is 0. The number of carbonyl (C=O) groups excluding carboxylic acids is 1. The lowest BCUT2D eigenvalue weighted by Gasteiger charge is -2.26. The van der Waals surface area contributed by atoms with Gasteiger partial charge in [-0.1, -0.05) is 40.2 Å². The molecule has 128 valence electrons. The number of ether oxygens (including phenoxy) is 1. The molecule has 1 aromatic heterocycles. The van der Waals surface area contributed by atoms with Crippen LogP contribution in [-0.4, -0.2) is 29.3 Å². The fourth-order valence-corrected chi connectivity index (χ4v) is 3.79. The first-order valence-corrected chi connectivity index (χ1v) is 9.02. The minimum atomic E-state index is -0.569. The number of fused-ring (bicyclic) bond motifs is 1. The van der Waals surface area contributed by atoms with E-state index < -0.39 is 5.41 Å². The molecule has 1 atom stereocenters. The lowest BCUT2D eigenvalue weighted by molar-refractivity contribution is -0.125. The number of nitrogens with zero attached hydrogens (tertiary/aromatic N) is 1. The highest BCUT2D eigenvalue weighted by Gasteiger charge is 2.42. The number of halogens is 1. The second-order valence-electron chi connectivity index (χ2n) is 6.46. The number of aromatic nitrogens is 2. The van der Waals surface area contributed by atoms with Gasteiger partial charge in [0.15, 0.2) is 5.82 Å². The van der Waals surface area contributed by atoms with Crippen molar-refractivity contribution in [2.75, 3.05) is 18.5 Å². The van der Waals surface area contributed by atoms with Gasteiger partial charge >= 0.3 is 0 Å². The molecule has 25 heavy (non-hydrogen) atoms. The minimum Gasteiger partial charge on any atom is -0.380 e. The van der Waals surface area contributed by atoms with E-state index >= 15 is 0 Å². The van der Waals surface area contributed by atoms with Crippen molar-refractivity contribution < 1.29 is 9.53 Å². The molecule has 6 heteroatoms. The zero-order valence-electron chi connectivity index (χ0n) is 13.6. The third-order valence-electron chi connectivity index (χ3n) is 4.72. The monoisotopic (exact) mass is 399 g/mol. The number of nitrogens with one attached hydrogen (secondary N) is 2. The van der Waals surface area contributed by atoms with Gasteiger partial charge in [-0.3, -0.25) is 9.89 Å². The average Bonchev–Trinajstić information content (AvgIpc) is 3.23. The van der Waals surface area contributed by atoms with Crippen molar-refractivity contribution in [3.8, 4) is 0 Å². The molecule has 2 heterocycles. The molecule has 2 N–H and O–H groups in total. The van der Waals surface area contributed by atoms with Crippen molar-refractivity contribution >= 4 is 38.6 Å². The van der Waals surface area contributed by atoms with Gasteiger partial charge < -0.3 is 10.1 Å². The molecule has 1 aliphatic rings. The zero-order valence-corrected chi connectivity index (χ0v) is 15.2. The summed E-state index contributed by atoms with van der Waals surface area (Å²) >= 11 is 3.50. The number of rotatable bonds is 4. The lowest BCUT2D eigenvalue weighted by Crippen LogP contribution is -2.39. The topological polar surface area (TPSA) is 67.0 Å². The molecule has 3 aromatic rings. The van der Waals surface area contributed by atoms with Crippen LogP contribution in [0.1, 0.15) is 12.0 Å². The summed E-state index contributed by atoms with van der Waals surface area (Å²) in [5.41, 5.74) is 1.45. The number of H-pyrrole nitrogens is 1. The van der Waals surface area contributed by atoms with Gasteiger partial charge in [0.25, 0.3) is 0 Å². The van der Waals surface area contributed by atoms with Crippen molar-refractivity contribution in [1.82, 2.24) is 10.2 Å². The summed E-state index contributed by atoms with van der Waals surface area (Å²) in [5, 5.41) is 11.1. The van der Waals surface area contributed by atoms with E-state index in [1.54, 1.807) is 0 Å². The van der Waals surface area contributed by atoms with E-state index in [4.69, 9.17) is 4.74 Å². The Bertz CT molecular complexity index is 916. The smallest absolute Gasteiger partial charge is 0.234 e. The number of anilines is 1. The predicted molar refractivity (Wildman–Crippen MR) is 100 cm³/mol. The van der Waals surface area contributed by atoms with Crippen molar-refractivity contribution in [2.24, 2.45) is 5.41 Å². The second kappa shape index (κ2) is 6.61. The molecule has 1 amide bonds. The molecular formula is C19H18BrN3O2. The van der Waals surface area contributed by atoms with E-state index in [1.165, 1.54) is 0 Å². The quantitative estimate of drug-likeness (QED) is 0.698. The predicted octanol–water partition coefficient (Wildman–Crippen LogP) is 3.91. The molecule has 1 aliphatic heterocycles. The van der Waals surface area contributed by atoms with E-state index in [-0.39, 0.29) is 5.91 Å². The summed E-state index contributed by atoms with van der Waals surface area (Å²) in [5.74, 6) is 0.531. The number of aromatic amines is 1. The highest BCUT2D eigenvalue weighted by atomic mass is 79.9. The maximum Gasteiger partial charge on any atom is 0.234 e. The zero-order chi connectivity index (χ0) is 17.3. The molecule has 1 unspecified atom stereocenters. The molecule has 5 nitrogen and oxygen atoms in total. The molecule has 1 fully saturated rings. The molecule has 1 saturated heterocycles. The van der Waals surface area contributed by atoms with Crippen LogP contribution in [0.25, 0.3) is 10.9 Å². The SMILES string of the molecule is O=C(Nc1n[nH]c2ccccc12)C1(Cc2cccc(Br)c2)CCOC1. The Labute approximate surface area is 153 Å². The van der Waals surface area contributed by atoms with Crippen LogP contribution >= 0.6 is 15.9 Å². The summed E-state index contributed by atoms with van der Waals surface area (Å²) < 4.78 is 6.60. The largest absolute Gasteiger partial charge is 0.380 e. The fraction of sp³-hybridized carbons (Fsp3) is 0.263. The Kier molecular flexibility index (Phi) is 4.31. The van der Waals surface area contributed by atoms with Crippen molar-refractivity contribution in [3.63, 3.8) is 0 Å². The number of hydrogen-bond acceptors (Lipinski definition) is 3. The molecule has 0 bridgehead atoms. The van der Waals surface area contributed by atoms with E-state index in [0.29, 0.717) is 31.9 Å². The van der Waals surface area contributed by atoms with Gasteiger partial charge in [0.1, 0.15) is 0 Å². The molecule has 0 radical (unpaired) electrons. The molecule has 0 aliphatic carbocycles. The summed E-state index contributed by atoms with van der Waals surface area (Å²) in [6, 6.07) is 15.8. The van der Waals surface area contributed by atoms with Crippen LogP contribution in [0, 0.1) is 5.41 Å². The Morgan fingerprint density at radius 1 is 1.28 bits per heavy atom. The summed E-state index contributed by atoms with van der Waals surface area (Å²) in [6.07, 6.45) is 1.34. The van der Waals surface area contributed by atoms with Gasteiger partial charge in [0, 0.05) is 16.5 Å². The number of amides is 1. The van der Waals surface area contributed by atoms with Crippen LogP contribution in [0.3, 0.4) is 0 Å². The van der Waals surface area contributed by atoms with Crippen LogP contribution in [0.5, 0.6) is 0 Å². The summed E-state index contributed by atoms with van der Waals surface area (Å²) in [4.78, 5) is 13.1. The van der Waals surface area contributed by atoms with Gasteiger partial charge in [-0.05, 0) is 42.7 Å². The van der Waals surface area contributed by atoms with E-state index in [9.17, 15) is 4.79 Å². The number of para-hydroxylation sites is 1. The number of benzene rings is 2. The van der Waals surface area contributed by atoms with E-state index in [0.717, 1.165) is 20.9 Å². The van der Waals surface area contributed by atoms with Crippen LogP contribution in [0.4, 0.5) is 5.82 Å². The Morgan fingerprint density at radius 2 is 2.16 bits per heavy atom. The Morgan fingerprint density at radius 3 is 2.96 bits per heavy atom. The number of hydrogen-bond donors (Lipinski definition) is 2. The average molecular weight is 400 g/mol. The molecule has 2 aromatic carbocycles. The van der Waals surface area contributed by atoms with Crippen LogP contribution in [-0.2, 0) is 16.0 Å². The Balaban J connectivity index is 1.61. The molecule has 4 rings (SSSR count). The summed E-state index contributed by atoms with van der Waals surface area (Å²) in [6.45, 7) is 1.02. The first-order valence-electron chi connectivity index (χ1n) is 8.23. The van der Waals surface area contributed by atoms with E-state index in [2.05, 4.69) is 37.5 Å². The maximum absolute atomic E-state index is 13.1. The van der Waals surface area contributed by atoms with E-state index in [1.807, 2.05) is 42.5 Å². The molecule has 0 spiro atoms. The van der Waals surface area contributed by atoms with Crippen molar-refractivity contribution in [2.45, 2.75) is 12.8 Å². The fourth-order valence-electron chi connectivity index (χ4n) is 3.34. The lowest BCUT2D eigenvalue weighted by atomic mass is 9.80. The van der Waals surface area contributed by atoms with Gasteiger partial charge in [0.2, 0.25) is 5.91 Å². The van der Waals surface area contributed by atoms with Crippen LogP contribution in [0.2, 0.25) is 0 Å². The van der Waals surface area contributed by atoms with Crippen LogP contribution < -0.4 is 5.32 Å². The number of carbonyl (C=O) groups is 1. The van der Waals surface area contributed by atoms with Gasteiger partial charge in [-0.15, -0.1) is 0 Å². The van der Waals surface area contributed by atoms with Gasteiger partial charge in [-0.25, -0.2) is 0 Å². The van der Waals surface area contributed by atoms with Crippen molar-refractivity contribution in [3.05, 3.63) is 58.6 Å². The molecular weight excluding hydrogens is 382 g/mol. The van der Waals surface area contributed by atoms with Crippen molar-refractivity contribution in [1.29, 1.82) is 0 Å². The third kappa shape index (κ3) is 3.19. The van der Waals surface area contributed by atoms with Gasteiger partial charge in [-0.2, -0.15) is 5.10 Å². The first-order chi connectivity index (χ1) is 12.2. The van der Waals surface area contributed by atoms with Crippen LogP contribution in [0.15, 0.2) is 53.0 Å².